The summed E-state index contributed by atoms with van der Waals surface area (Å²) in [6.45, 7) is 17.5. The molecule has 1 aromatic rings. The molecule has 3 rings (SSSR count). The minimum atomic E-state index is 0.114. The van der Waals surface area contributed by atoms with Gasteiger partial charge in [0.05, 0.1) is 13.2 Å². The van der Waals surface area contributed by atoms with E-state index in [4.69, 9.17) is 20.6 Å². The number of likely N-dealkylation sites (N-methyl/N-ethyl adjacent to an activating group) is 1. The lowest BCUT2D eigenvalue weighted by molar-refractivity contribution is 0.0278. The van der Waals surface area contributed by atoms with Crippen LogP contribution in [0.2, 0.25) is 0 Å². The van der Waals surface area contributed by atoms with E-state index in [-0.39, 0.29) is 6.17 Å². The highest BCUT2D eigenvalue weighted by atomic mass is 16.5. The molecule has 1 aromatic carbocycles. The lowest BCUT2D eigenvalue weighted by Gasteiger charge is -2.32. The van der Waals surface area contributed by atoms with Crippen LogP contribution in [0, 0.1) is 12.3 Å². The van der Waals surface area contributed by atoms with Crippen LogP contribution in [0.3, 0.4) is 0 Å². The number of nitrogens with zero attached hydrogens (tertiary/aromatic N) is 2. The van der Waals surface area contributed by atoms with E-state index >= 15 is 0 Å². The Balaban J connectivity index is 0.000000388. The molecule has 2 heterocycles. The summed E-state index contributed by atoms with van der Waals surface area (Å²) in [5.74, 6) is 1.52. The van der Waals surface area contributed by atoms with Crippen LogP contribution in [0.1, 0.15) is 38.8 Å². The van der Waals surface area contributed by atoms with Crippen molar-refractivity contribution < 1.29 is 9.47 Å². The van der Waals surface area contributed by atoms with E-state index in [1.807, 2.05) is 51.1 Å². The predicted molar refractivity (Wildman–Crippen MR) is 134 cm³/mol. The van der Waals surface area contributed by atoms with Crippen LogP contribution in [0.15, 0.2) is 48.0 Å². The quantitative estimate of drug-likeness (QED) is 0.532. The normalized spacial score (nSPS) is 18.1. The van der Waals surface area contributed by atoms with E-state index in [9.17, 15) is 0 Å². The van der Waals surface area contributed by atoms with Gasteiger partial charge < -0.3 is 25.9 Å². The fourth-order valence-corrected chi connectivity index (χ4v) is 3.39. The van der Waals surface area contributed by atoms with Crippen molar-refractivity contribution in [3.8, 4) is 0 Å². The van der Waals surface area contributed by atoms with Gasteiger partial charge in [0.1, 0.15) is 24.4 Å². The van der Waals surface area contributed by atoms with Crippen LogP contribution >= 0.6 is 0 Å². The van der Waals surface area contributed by atoms with Crippen molar-refractivity contribution in [3.63, 3.8) is 0 Å². The zero-order chi connectivity index (χ0) is 23.8. The number of hydrogen-bond donors (Lipinski definition) is 3. The standard InChI is InChI=1S/C15H28N4O2.C8H9N.C2H6/c1-3-19(4-2)15-12-13(11-14(16)17-15)21-10-7-18-5-8-20-9-6-18;1-7-3-2-4-8(5-7)6-9;1-2/h11-12,15,17H,3-10,16H2,1-2H3;2-6,9H,1H3;1-2H3. The van der Waals surface area contributed by atoms with Crippen LogP contribution in [-0.4, -0.2) is 74.7 Å². The largest absolute Gasteiger partial charge is 0.492 e. The Morgan fingerprint density at radius 2 is 1.94 bits per heavy atom. The maximum Gasteiger partial charge on any atom is 0.122 e. The predicted octanol–water partition coefficient (Wildman–Crippen LogP) is 3.31. The number of allylic oxidation sites excluding steroid dienone is 1. The van der Waals surface area contributed by atoms with Gasteiger partial charge in [-0.25, -0.2) is 0 Å². The minimum Gasteiger partial charge on any atom is -0.492 e. The Morgan fingerprint density at radius 1 is 1.25 bits per heavy atom. The number of nitrogens with two attached hydrogens (primary N) is 1. The first-order valence-corrected chi connectivity index (χ1v) is 11.7. The SMILES string of the molecule is CC.CCN(CC)C1C=C(OCCN2CCOCC2)C=C(N)N1.Cc1cccc(C=N)c1. The molecule has 0 radical (unpaired) electrons. The van der Waals surface area contributed by atoms with Crippen LogP contribution in [0.4, 0.5) is 0 Å². The number of aryl methyl sites for hydroxylation is 1. The summed E-state index contributed by atoms with van der Waals surface area (Å²) < 4.78 is 11.2. The molecule has 7 heteroatoms. The third kappa shape index (κ3) is 10.3. The molecule has 4 N–H and O–H groups in total. The molecule has 1 saturated heterocycles. The van der Waals surface area contributed by atoms with Crippen molar-refractivity contribution in [1.82, 2.24) is 15.1 Å². The smallest absolute Gasteiger partial charge is 0.122 e. The van der Waals surface area contributed by atoms with Crippen molar-refractivity contribution in [2.75, 3.05) is 52.5 Å². The highest BCUT2D eigenvalue weighted by Crippen LogP contribution is 2.12. The topological polar surface area (TPSA) is 86.8 Å². The first kappa shape index (κ1) is 27.7. The lowest BCUT2D eigenvalue weighted by atomic mass is 10.2. The zero-order valence-corrected chi connectivity index (χ0v) is 20.6. The monoisotopic (exact) mass is 445 g/mol. The summed E-state index contributed by atoms with van der Waals surface area (Å²) in [6, 6.07) is 7.87. The Labute approximate surface area is 194 Å². The molecule has 0 bridgehead atoms. The maximum atomic E-state index is 6.92. The van der Waals surface area contributed by atoms with Crippen molar-refractivity contribution >= 4 is 6.21 Å². The summed E-state index contributed by atoms with van der Waals surface area (Å²) in [6.07, 6.45) is 5.43. The average molecular weight is 446 g/mol. The maximum absolute atomic E-state index is 6.92. The highest BCUT2D eigenvalue weighted by Gasteiger charge is 2.18. The van der Waals surface area contributed by atoms with E-state index in [2.05, 4.69) is 35.0 Å². The summed E-state index contributed by atoms with van der Waals surface area (Å²) in [7, 11) is 0. The molecule has 2 aliphatic rings. The second-order valence-electron chi connectivity index (χ2n) is 7.34. The number of hydrogen-bond acceptors (Lipinski definition) is 7. The molecule has 2 aliphatic heterocycles. The van der Waals surface area contributed by atoms with Gasteiger partial charge in [-0.15, -0.1) is 0 Å². The van der Waals surface area contributed by atoms with Gasteiger partial charge in [-0.2, -0.15) is 0 Å². The number of rotatable bonds is 8. The van der Waals surface area contributed by atoms with E-state index in [1.54, 1.807) is 0 Å². The molecule has 0 aromatic heterocycles. The zero-order valence-electron chi connectivity index (χ0n) is 20.6. The molecular weight excluding hydrogens is 402 g/mol. The number of ether oxygens (including phenoxy) is 2. The van der Waals surface area contributed by atoms with Gasteiger partial charge in [0.2, 0.25) is 0 Å². The number of dihydropyridines is 1. The average Bonchev–Trinajstić information content (AvgIpc) is 2.82. The minimum absolute atomic E-state index is 0.114. The summed E-state index contributed by atoms with van der Waals surface area (Å²) >= 11 is 0. The van der Waals surface area contributed by atoms with Crippen molar-refractivity contribution in [2.24, 2.45) is 5.73 Å². The Hall–Kier alpha value is -2.35. The first-order chi connectivity index (χ1) is 15.5. The van der Waals surface area contributed by atoms with Gasteiger partial charge in [-0.1, -0.05) is 57.5 Å². The van der Waals surface area contributed by atoms with Crippen LogP contribution in [-0.2, 0) is 9.47 Å². The first-order valence-electron chi connectivity index (χ1n) is 11.7. The summed E-state index contributed by atoms with van der Waals surface area (Å²) in [4.78, 5) is 4.66. The number of benzene rings is 1. The molecular formula is C25H43N5O2. The summed E-state index contributed by atoms with van der Waals surface area (Å²) in [5, 5.41) is 10.2. The van der Waals surface area contributed by atoms with Gasteiger partial charge in [0, 0.05) is 31.9 Å². The number of nitrogens with one attached hydrogen (secondary N) is 2. The fraction of sp³-hybridized carbons (Fsp3) is 0.560. The second-order valence-corrected chi connectivity index (χ2v) is 7.34. The second kappa shape index (κ2) is 16.3. The van der Waals surface area contributed by atoms with Gasteiger partial charge in [0.15, 0.2) is 0 Å². The Kier molecular flexibility index (Phi) is 14.1. The van der Waals surface area contributed by atoms with Gasteiger partial charge in [0.25, 0.3) is 0 Å². The molecule has 0 spiro atoms. The Bertz CT molecular complexity index is 710. The van der Waals surface area contributed by atoms with Crippen molar-refractivity contribution in [3.05, 3.63) is 59.1 Å². The molecule has 0 aliphatic carbocycles. The van der Waals surface area contributed by atoms with E-state index in [1.165, 1.54) is 11.8 Å². The molecule has 32 heavy (non-hydrogen) atoms. The van der Waals surface area contributed by atoms with Crippen LogP contribution in [0.25, 0.3) is 0 Å². The van der Waals surface area contributed by atoms with Gasteiger partial charge in [-0.05, 0) is 31.7 Å². The van der Waals surface area contributed by atoms with Crippen molar-refractivity contribution in [2.45, 2.75) is 40.8 Å². The highest BCUT2D eigenvalue weighted by molar-refractivity contribution is 5.76. The third-order valence-electron chi connectivity index (χ3n) is 5.13. The molecule has 1 atom stereocenters. The summed E-state index contributed by atoms with van der Waals surface area (Å²) in [5.41, 5.74) is 8.13. The van der Waals surface area contributed by atoms with E-state index in [0.29, 0.717) is 12.4 Å². The van der Waals surface area contributed by atoms with E-state index in [0.717, 1.165) is 57.3 Å². The third-order valence-corrected chi connectivity index (χ3v) is 5.13. The molecule has 180 valence electrons. The van der Waals surface area contributed by atoms with Gasteiger partial charge in [-0.3, -0.25) is 9.80 Å². The molecule has 0 amide bonds. The van der Waals surface area contributed by atoms with Crippen LogP contribution < -0.4 is 11.1 Å². The number of morpholine rings is 1. The lowest BCUT2D eigenvalue weighted by Crippen LogP contribution is -2.47. The molecule has 1 fully saturated rings. The molecule has 7 nitrogen and oxygen atoms in total. The van der Waals surface area contributed by atoms with Crippen LogP contribution in [0.5, 0.6) is 0 Å². The fourth-order valence-electron chi connectivity index (χ4n) is 3.39. The van der Waals surface area contributed by atoms with E-state index < -0.39 is 0 Å². The molecule has 0 saturated carbocycles. The molecule has 1 unspecified atom stereocenters. The van der Waals surface area contributed by atoms with Gasteiger partial charge >= 0.3 is 0 Å². The van der Waals surface area contributed by atoms with Crippen molar-refractivity contribution in [1.29, 1.82) is 5.41 Å². The Morgan fingerprint density at radius 3 is 2.50 bits per heavy atom.